The number of alkyl halides is 6. The van der Waals surface area contributed by atoms with Crippen molar-refractivity contribution in [2.75, 3.05) is 0 Å². The quantitative estimate of drug-likeness (QED) is 0.682. The van der Waals surface area contributed by atoms with Crippen LogP contribution in [-0.2, 0) is 18.0 Å². The van der Waals surface area contributed by atoms with Crippen LogP contribution in [0.1, 0.15) is 22.7 Å². The Morgan fingerprint density at radius 1 is 1.12 bits per heavy atom. The molecule has 0 saturated heterocycles. The summed E-state index contributed by atoms with van der Waals surface area (Å²) in [5, 5.41) is 4.47. The van der Waals surface area contributed by atoms with Gasteiger partial charge in [0.1, 0.15) is 5.92 Å². The van der Waals surface area contributed by atoms with E-state index in [1.807, 2.05) is 0 Å². The molecule has 24 heavy (non-hydrogen) atoms. The van der Waals surface area contributed by atoms with Crippen molar-refractivity contribution in [1.29, 1.82) is 0 Å². The number of nitrogens with zero attached hydrogens (tertiary/aromatic N) is 2. The molecule has 4 nitrogen and oxygen atoms in total. The van der Waals surface area contributed by atoms with Crippen molar-refractivity contribution in [1.82, 2.24) is 15.1 Å². The largest absolute Gasteiger partial charge is 0.484 e. The van der Waals surface area contributed by atoms with E-state index in [9.17, 15) is 31.1 Å². The monoisotopic (exact) mass is 351 g/mol. The summed E-state index contributed by atoms with van der Waals surface area (Å²) >= 11 is 0. The van der Waals surface area contributed by atoms with Crippen LogP contribution in [0.25, 0.3) is 0 Å². The molecule has 1 heterocycles. The highest BCUT2D eigenvalue weighted by molar-refractivity contribution is 5.87. The predicted molar refractivity (Wildman–Crippen MR) is 70.7 cm³/mol. The first-order chi connectivity index (χ1) is 11.0. The van der Waals surface area contributed by atoms with E-state index in [1.165, 1.54) is 25.4 Å². The van der Waals surface area contributed by atoms with Gasteiger partial charge in [-0.2, -0.15) is 31.4 Å². The summed E-state index contributed by atoms with van der Waals surface area (Å²) < 4.78 is 78.0. The van der Waals surface area contributed by atoms with Gasteiger partial charge in [0, 0.05) is 13.2 Å². The first-order valence-corrected chi connectivity index (χ1v) is 6.53. The van der Waals surface area contributed by atoms with Crippen molar-refractivity contribution >= 4 is 5.91 Å². The Kier molecular flexibility index (Phi) is 4.59. The molecule has 0 fully saturated rings. The summed E-state index contributed by atoms with van der Waals surface area (Å²) in [5.41, 5.74) is -1.88. The molecule has 1 N–H and O–H groups in total. The zero-order chi connectivity index (χ0) is 18.1. The molecule has 0 aliphatic rings. The topological polar surface area (TPSA) is 46.9 Å². The number of carbonyl (C=O) groups excluding carboxylic acids is 1. The fraction of sp³-hybridized carbons (Fsp3) is 0.286. The maximum Gasteiger partial charge on any atom is 0.484 e. The number of halogens is 6. The number of nitrogens with one attached hydrogen (secondary N) is 1. The van der Waals surface area contributed by atoms with Crippen LogP contribution in [0.4, 0.5) is 26.3 Å². The Bertz CT molecular complexity index is 735. The van der Waals surface area contributed by atoms with E-state index in [-0.39, 0.29) is 5.69 Å². The summed E-state index contributed by atoms with van der Waals surface area (Å²) in [5.74, 6) is -3.44. The molecule has 0 aliphatic carbocycles. The second-order valence-electron chi connectivity index (χ2n) is 4.88. The molecule has 10 heteroatoms. The van der Waals surface area contributed by atoms with Gasteiger partial charge in [-0.1, -0.05) is 18.2 Å². The molecule has 1 amide bonds. The molecule has 130 valence electrons. The van der Waals surface area contributed by atoms with Gasteiger partial charge in [-0.3, -0.25) is 14.8 Å². The van der Waals surface area contributed by atoms with Crippen molar-refractivity contribution in [2.45, 2.75) is 18.4 Å². The van der Waals surface area contributed by atoms with E-state index in [0.717, 1.165) is 22.1 Å². The lowest BCUT2D eigenvalue weighted by atomic mass is 9.90. The second-order valence-corrected chi connectivity index (χ2v) is 4.88. The van der Waals surface area contributed by atoms with Gasteiger partial charge in [0.15, 0.2) is 0 Å². The maximum absolute atomic E-state index is 13.2. The number of benzene rings is 1. The Balaban J connectivity index is 2.61. The van der Waals surface area contributed by atoms with Gasteiger partial charge in [0.05, 0.1) is 11.3 Å². The molecule has 1 aromatic heterocycles. The molecule has 1 aromatic carbocycles. The van der Waals surface area contributed by atoms with Crippen LogP contribution < -0.4 is 5.32 Å². The number of aryl methyl sites for hydroxylation is 1. The number of hydrogen-bond donors (Lipinski definition) is 1. The summed E-state index contributed by atoms with van der Waals surface area (Å²) in [6.45, 7) is 0. The minimum Gasteiger partial charge on any atom is -0.274 e. The van der Waals surface area contributed by atoms with Crippen LogP contribution in [0.5, 0.6) is 0 Å². The number of rotatable bonds is 3. The van der Waals surface area contributed by atoms with E-state index in [2.05, 4.69) is 5.10 Å². The normalized spacial score (nSPS) is 13.6. The smallest absolute Gasteiger partial charge is 0.274 e. The van der Waals surface area contributed by atoms with Crippen molar-refractivity contribution in [3.8, 4) is 0 Å². The fourth-order valence-electron chi connectivity index (χ4n) is 2.32. The van der Waals surface area contributed by atoms with E-state index in [1.54, 1.807) is 0 Å². The molecular formula is C14H11F6N3O. The SMILES string of the molecule is Cn1nccc1C(C(=O)NC(F)(F)F)c1ccccc1C(F)(F)F. The summed E-state index contributed by atoms with van der Waals surface area (Å²) in [4.78, 5) is 12.0. The number of carbonyl (C=O) groups is 1. The fourth-order valence-corrected chi connectivity index (χ4v) is 2.32. The van der Waals surface area contributed by atoms with E-state index < -0.39 is 35.4 Å². The van der Waals surface area contributed by atoms with Crippen molar-refractivity contribution < 1.29 is 31.1 Å². The van der Waals surface area contributed by atoms with Gasteiger partial charge in [0.25, 0.3) is 0 Å². The summed E-state index contributed by atoms with van der Waals surface area (Å²) in [6, 6.07) is 5.17. The van der Waals surface area contributed by atoms with Gasteiger partial charge in [-0.15, -0.1) is 0 Å². The van der Waals surface area contributed by atoms with Gasteiger partial charge in [0.2, 0.25) is 5.91 Å². The lowest BCUT2D eigenvalue weighted by Gasteiger charge is -2.22. The average Bonchev–Trinajstić information content (AvgIpc) is 2.83. The minimum absolute atomic E-state index is 0.103. The maximum atomic E-state index is 13.2. The molecule has 1 unspecified atom stereocenters. The van der Waals surface area contributed by atoms with Crippen LogP contribution in [0.3, 0.4) is 0 Å². The third-order valence-corrected chi connectivity index (χ3v) is 3.26. The van der Waals surface area contributed by atoms with E-state index in [0.29, 0.717) is 6.07 Å². The first-order valence-electron chi connectivity index (χ1n) is 6.53. The molecular weight excluding hydrogens is 340 g/mol. The number of amides is 1. The van der Waals surface area contributed by atoms with E-state index in [4.69, 9.17) is 0 Å². The molecule has 0 bridgehead atoms. The highest BCUT2D eigenvalue weighted by atomic mass is 19.4. The highest BCUT2D eigenvalue weighted by Crippen LogP contribution is 2.37. The molecule has 0 spiro atoms. The third kappa shape index (κ3) is 3.87. The standard InChI is InChI=1S/C14H11F6N3O/c1-23-10(6-7-21-23)11(12(24)22-14(18,19)20)8-4-2-3-5-9(8)13(15,16)17/h2-7,11H,1H3,(H,22,24). The van der Waals surface area contributed by atoms with Crippen molar-refractivity contribution in [3.63, 3.8) is 0 Å². The van der Waals surface area contributed by atoms with Crippen LogP contribution in [0, 0.1) is 0 Å². The van der Waals surface area contributed by atoms with Crippen molar-refractivity contribution in [2.24, 2.45) is 7.05 Å². The molecule has 2 rings (SSSR count). The lowest BCUT2D eigenvalue weighted by molar-refractivity contribution is -0.170. The zero-order valence-corrected chi connectivity index (χ0v) is 12.1. The van der Waals surface area contributed by atoms with Crippen LogP contribution in [-0.4, -0.2) is 22.0 Å². The summed E-state index contributed by atoms with van der Waals surface area (Å²) in [6.07, 6.45) is -8.72. The minimum atomic E-state index is -5.07. The second kappa shape index (κ2) is 6.17. The molecule has 1 atom stereocenters. The first kappa shape index (κ1) is 17.8. The number of hydrogen-bond acceptors (Lipinski definition) is 2. The van der Waals surface area contributed by atoms with Gasteiger partial charge < -0.3 is 0 Å². The molecule has 2 aromatic rings. The lowest BCUT2D eigenvalue weighted by Crippen LogP contribution is -2.41. The average molecular weight is 351 g/mol. The zero-order valence-electron chi connectivity index (χ0n) is 12.1. The summed E-state index contributed by atoms with van der Waals surface area (Å²) in [7, 11) is 1.32. The van der Waals surface area contributed by atoms with Gasteiger partial charge in [-0.25, -0.2) is 0 Å². The van der Waals surface area contributed by atoms with E-state index >= 15 is 0 Å². The molecule has 0 radical (unpaired) electrons. The Morgan fingerprint density at radius 3 is 2.25 bits per heavy atom. The van der Waals surface area contributed by atoms with Crippen LogP contribution in [0.2, 0.25) is 0 Å². The number of aromatic nitrogens is 2. The molecule has 0 aliphatic heterocycles. The van der Waals surface area contributed by atoms with Gasteiger partial charge in [-0.05, 0) is 17.7 Å². The van der Waals surface area contributed by atoms with Crippen LogP contribution in [0.15, 0.2) is 36.5 Å². The molecule has 0 saturated carbocycles. The highest BCUT2D eigenvalue weighted by Gasteiger charge is 2.41. The van der Waals surface area contributed by atoms with Gasteiger partial charge >= 0.3 is 12.5 Å². The van der Waals surface area contributed by atoms with Crippen LogP contribution >= 0.6 is 0 Å². The Labute approximate surface area is 132 Å². The predicted octanol–water partition coefficient (Wildman–Crippen LogP) is 3.21. The third-order valence-electron chi connectivity index (χ3n) is 3.26. The van der Waals surface area contributed by atoms with Crippen molar-refractivity contribution in [3.05, 3.63) is 53.3 Å². The Morgan fingerprint density at radius 2 is 1.75 bits per heavy atom. The Hall–Kier alpha value is -2.52.